The Balaban J connectivity index is 2.36. The Morgan fingerprint density at radius 1 is 1.45 bits per heavy atom. The molecule has 0 bridgehead atoms. The predicted octanol–water partition coefficient (Wildman–Crippen LogP) is 1.88. The van der Waals surface area contributed by atoms with Gasteiger partial charge in [-0.15, -0.1) is 11.3 Å². The van der Waals surface area contributed by atoms with E-state index in [1.54, 1.807) is 32.3 Å². The highest BCUT2D eigenvalue weighted by atomic mass is 32.2. The van der Waals surface area contributed by atoms with E-state index in [0.29, 0.717) is 16.3 Å². The summed E-state index contributed by atoms with van der Waals surface area (Å²) in [5.74, 6) is 0.678. The SMILES string of the molecule is Cc1oc(C)c(S(=O)(=O)NC(C)c2nccs2)c1CO. The summed E-state index contributed by atoms with van der Waals surface area (Å²) >= 11 is 1.38. The van der Waals surface area contributed by atoms with Crippen LogP contribution in [0.4, 0.5) is 0 Å². The molecule has 0 radical (unpaired) electrons. The van der Waals surface area contributed by atoms with Crippen molar-refractivity contribution in [2.45, 2.75) is 38.3 Å². The number of rotatable bonds is 5. The first-order chi connectivity index (χ1) is 9.36. The molecule has 2 heterocycles. The highest BCUT2D eigenvalue weighted by Gasteiger charge is 2.28. The molecule has 1 unspecified atom stereocenters. The van der Waals surface area contributed by atoms with Gasteiger partial charge in [0.15, 0.2) is 0 Å². The Labute approximate surface area is 121 Å². The minimum Gasteiger partial charge on any atom is -0.465 e. The van der Waals surface area contributed by atoms with Gasteiger partial charge in [0.25, 0.3) is 0 Å². The Bertz CT molecular complexity index is 689. The molecule has 2 aromatic rings. The third-order valence-corrected chi connectivity index (χ3v) is 5.60. The lowest BCUT2D eigenvalue weighted by Gasteiger charge is -2.12. The van der Waals surface area contributed by atoms with E-state index in [1.165, 1.54) is 11.3 Å². The van der Waals surface area contributed by atoms with Crippen molar-refractivity contribution in [3.8, 4) is 0 Å². The maximum absolute atomic E-state index is 12.4. The molecule has 2 rings (SSSR count). The summed E-state index contributed by atoms with van der Waals surface area (Å²) in [5.41, 5.74) is 0.293. The van der Waals surface area contributed by atoms with Crippen LogP contribution in [0, 0.1) is 13.8 Å². The van der Waals surface area contributed by atoms with Crippen LogP contribution in [0.25, 0.3) is 0 Å². The molecule has 2 aromatic heterocycles. The summed E-state index contributed by atoms with van der Waals surface area (Å²) in [5, 5.41) is 11.8. The molecule has 110 valence electrons. The van der Waals surface area contributed by atoms with Gasteiger partial charge in [-0.1, -0.05) is 0 Å². The Morgan fingerprint density at radius 2 is 2.15 bits per heavy atom. The predicted molar refractivity (Wildman–Crippen MR) is 75.0 cm³/mol. The summed E-state index contributed by atoms with van der Waals surface area (Å²) in [6.07, 6.45) is 1.62. The fourth-order valence-corrected chi connectivity index (χ4v) is 4.40. The molecule has 0 aliphatic carbocycles. The van der Waals surface area contributed by atoms with Gasteiger partial charge in [-0.25, -0.2) is 18.1 Å². The van der Waals surface area contributed by atoms with Crippen LogP contribution in [0.1, 0.15) is 35.1 Å². The number of thiazole rings is 1. The fraction of sp³-hybridized carbons (Fsp3) is 0.417. The number of hydrogen-bond donors (Lipinski definition) is 2. The van der Waals surface area contributed by atoms with Crippen LogP contribution < -0.4 is 4.72 Å². The van der Waals surface area contributed by atoms with Crippen LogP contribution in [-0.2, 0) is 16.6 Å². The third kappa shape index (κ3) is 2.78. The zero-order valence-corrected chi connectivity index (χ0v) is 13.0. The van der Waals surface area contributed by atoms with Crippen molar-refractivity contribution < 1.29 is 17.9 Å². The first-order valence-corrected chi connectivity index (χ1v) is 8.34. The monoisotopic (exact) mass is 316 g/mol. The summed E-state index contributed by atoms with van der Waals surface area (Å²) in [6.45, 7) is 4.53. The Kier molecular flexibility index (Phi) is 4.28. The second kappa shape index (κ2) is 5.65. The van der Waals surface area contributed by atoms with Crippen LogP contribution >= 0.6 is 11.3 Å². The van der Waals surface area contributed by atoms with Gasteiger partial charge >= 0.3 is 0 Å². The van der Waals surface area contributed by atoms with Crippen LogP contribution in [0.5, 0.6) is 0 Å². The summed E-state index contributed by atoms with van der Waals surface area (Å²) in [6, 6.07) is -0.443. The van der Waals surface area contributed by atoms with Gasteiger partial charge in [-0.3, -0.25) is 0 Å². The van der Waals surface area contributed by atoms with Gasteiger partial charge in [0.05, 0.1) is 12.6 Å². The highest BCUT2D eigenvalue weighted by Crippen LogP contribution is 2.28. The molecule has 0 aliphatic heterocycles. The lowest BCUT2D eigenvalue weighted by molar-refractivity contribution is 0.276. The van der Waals surface area contributed by atoms with Crippen LogP contribution in [0.3, 0.4) is 0 Å². The first kappa shape index (κ1) is 15.2. The van der Waals surface area contributed by atoms with E-state index < -0.39 is 16.1 Å². The normalized spacial score (nSPS) is 13.6. The van der Waals surface area contributed by atoms with Crippen molar-refractivity contribution in [3.63, 3.8) is 0 Å². The number of nitrogens with zero attached hydrogens (tertiary/aromatic N) is 1. The van der Waals surface area contributed by atoms with E-state index in [4.69, 9.17) is 4.42 Å². The first-order valence-electron chi connectivity index (χ1n) is 5.98. The molecule has 2 N–H and O–H groups in total. The number of furan rings is 1. The Morgan fingerprint density at radius 3 is 2.70 bits per heavy atom. The van der Waals surface area contributed by atoms with Gasteiger partial charge < -0.3 is 9.52 Å². The third-order valence-electron chi connectivity index (χ3n) is 2.91. The topological polar surface area (TPSA) is 92.4 Å². The molecule has 0 spiro atoms. The molecule has 20 heavy (non-hydrogen) atoms. The van der Waals surface area contributed by atoms with Crippen molar-refractivity contribution in [1.29, 1.82) is 0 Å². The molecule has 8 heteroatoms. The molecule has 0 amide bonds. The van der Waals surface area contributed by atoms with E-state index in [-0.39, 0.29) is 17.3 Å². The molecule has 0 fully saturated rings. The molecule has 0 saturated carbocycles. The minimum absolute atomic E-state index is 0.0147. The number of sulfonamides is 1. The van der Waals surface area contributed by atoms with E-state index in [1.807, 2.05) is 0 Å². The van der Waals surface area contributed by atoms with Gasteiger partial charge in [0.2, 0.25) is 10.0 Å². The smallest absolute Gasteiger partial charge is 0.245 e. The quantitative estimate of drug-likeness (QED) is 0.878. The summed E-state index contributed by atoms with van der Waals surface area (Å²) < 4.78 is 32.7. The molecule has 0 saturated heterocycles. The highest BCUT2D eigenvalue weighted by molar-refractivity contribution is 7.89. The van der Waals surface area contributed by atoms with Crippen LogP contribution in [-0.4, -0.2) is 18.5 Å². The summed E-state index contributed by atoms with van der Waals surface area (Å²) in [7, 11) is -3.78. The van der Waals surface area contributed by atoms with Crippen LogP contribution in [0.2, 0.25) is 0 Å². The molecule has 0 aliphatic rings. The number of aliphatic hydroxyl groups excluding tert-OH is 1. The molecule has 1 atom stereocenters. The van der Waals surface area contributed by atoms with Crippen molar-refractivity contribution in [3.05, 3.63) is 33.7 Å². The van der Waals surface area contributed by atoms with E-state index in [9.17, 15) is 13.5 Å². The second-order valence-electron chi connectivity index (χ2n) is 4.39. The molecule has 0 aromatic carbocycles. The van der Waals surface area contributed by atoms with Gasteiger partial charge in [0, 0.05) is 17.1 Å². The van der Waals surface area contributed by atoms with Crippen LogP contribution in [0.15, 0.2) is 20.9 Å². The van der Waals surface area contributed by atoms with E-state index >= 15 is 0 Å². The zero-order valence-electron chi connectivity index (χ0n) is 11.4. The average molecular weight is 316 g/mol. The molecular formula is C12H16N2O4S2. The van der Waals surface area contributed by atoms with Gasteiger partial charge in [-0.2, -0.15) is 0 Å². The Hall–Kier alpha value is -1.22. The maximum Gasteiger partial charge on any atom is 0.245 e. The largest absolute Gasteiger partial charge is 0.465 e. The van der Waals surface area contributed by atoms with Crippen molar-refractivity contribution in [2.75, 3.05) is 0 Å². The van der Waals surface area contributed by atoms with Crippen molar-refractivity contribution >= 4 is 21.4 Å². The standard InChI is InChI=1S/C12H16N2O4S2/c1-7(12-13-4-5-19-12)14-20(16,17)11-9(3)18-8(2)10(11)6-15/h4-5,7,14-15H,6H2,1-3H3. The zero-order chi connectivity index (χ0) is 14.9. The summed E-state index contributed by atoms with van der Waals surface area (Å²) in [4.78, 5) is 4.10. The van der Waals surface area contributed by atoms with Crippen molar-refractivity contribution in [2.24, 2.45) is 0 Å². The maximum atomic E-state index is 12.4. The van der Waals surface area contributed by atoms with Crippen molar-refractivity contribution in [1.82, 2.24) is 9.71 Å². The molecule has 6 nitrogen and oxygen atoms in total. The minimum atomic E-state index is -3.78. The number of nitrogens with one attached hydrogen (secondary N) is 1. The van der Waals surface area contributed by atoms with Gasteiger partial charge in [-0.05, 0) is 20.8 Å². The average Bonchev–Trinajstić information content (AvgIpc) is 2.95. The van der Waals surface area contributed by atoms with E-state index in [0.717, 1.165) is 0 Å². The second-order valence-corrected chi connectivity index (χ2v) is 6.97. The number of aryl methyl sites for hydroxylation is 2. The van der Waals surface area contributed by atoms with Gasteiger partial charge in [0.1, 0.15) is 21.4 Å². The fourth-order valence-electron chi connectivity index (χ4n) is 2.03. The number of hydrogen-bond acceptors (Lipinski definition) is 6. The lowest BCUT2D eigenvalue weighted by atomic mass is 10.2. The lowest BCUT2D eigenvalue weighted by Crippen LogP contribution is -2.27. The number of aliphatic hydroxyl groups is 1. The number of aromatic nitrogens is 1. The molecular weight excluding hydrogens is 300 g/mol. The van der Waals surface area contributed by atoms with E-state index in [2.05, 4.69) is 9.71 Å².